The first-order valence-electron chi connectivity index (χ1n) is 6.18. The first kappa shape index (κ1) is 14.6. The second kappa shape index (κ2) is 5.29. The fourth-order valence-electron chi connectivity index (χ4n) is 2.12. The summed E-state index contributed by atoms with van der Waals surface area (Å²) >= 11 is 0. The standard InChI is InChI=1S/C13H14F3N3O/c1-12(5-2-6-20-8-12)19-11-9(7-17)3-4-10(18-11)13(14,15)16/h3-4H,2,5-6,8H2,1H3,(H,18,19). The molecular weight excluding hydrogens is 271 g/mol. The van der Waals surface area contributed by atoms with Gasteiger partial charge >= 0.3 is 6.18 Å². The summed E-state index contributed by atoms with van der Waals surface area (Å²) in [5.74, 6) is -0.0460. The van der Waals surface area contributed by atoms with Crippen molar-refractivity contribution in [1.29, 1.82) is 5.26 Å². The van der Waals surface area contributed by atoms with Crippen molar-refractivity contribution in [3.05, 3.63) is 23.4 Å². The lowest BCUT2D eigenvalue weighted by Gasteiger charge is -2.35. The summed E-state index contributed by atoms with van der Waals surface area (Å²) in [4.78, 5) is 3.54. The van der Waals surface area contributed by atoms with Gasteiger partial charge in [0.1, 0.15) is 17.6 Å². The van der Waals surface area contributed by atoms with Crippen LogP contribution in [0.2, 0.25) is 0 Å². The molecule has 0 spiro atoms. The van der Waals surface area contributed by atoms with Gasteiger partial charge in [0.2, 0.25) is 0 Å². The Kier molecular flexibility index (Phi) is 3.86. The first-order valence-corrected chi connectivity index (χ1v) is 6.18. The Morgan fingerprint density at radius 2 is 2.20 bits per heavy atom. The zero-order valence-electron chi connectivity index (χ0n) is 10.9. The van der Waals surface area contributed by atoms with Gasteiger partial charge in [0.25, 0.3) is 0 Å². The van der Waals surface area contributed by atoms with E-state index in [1.807, 2.05) is 13.0 Å². The van der Waals surface area contributed by atoms with Crippen molar-refractivity contribution in [2.75, 3.05) is 18.5 Å². The number of nitrogens with zero attached hydrogens (tertiary/aromatic N) is 2. The molecule has 1 atom stereocenters. The molecule has 1 aliphatic heterocycles. The van der Waals surface area contributed by atoms with Gasteiger partial charge in [0.05, 0.1) is 17.7 Å². The lowest BCUT2D eigenvalue weighted by molar-refractivity contribution is -0.141. The number of alkyl halides is 3. The third-order valence-electron chi connectivity index (χ3n) is 3.16. The van der Waals surface area contributed by atoms with Crippen LogP contribution in [0.5, 0.6) is 0 Å². The van der Waals surface area contributed by atoms with Gasteiger partial charge < -0.3 is 10.1 Å². The Labute approximate surface area is 114 Å². The van der Waals surface area contributed by atoms with Gasteiger partial charge in [-0.2, -0.15) is 18.4 Å². The Bertz CT molecular complexity index is 531. The maximum absolute atomic E-state index is 12.7. The predicted molar refractivity (Wildman–Crippen MR) is 66.0 cm³/mol. The highest BCUT2D eigenvalue weighted by atomic mass is 19.4. The molecule has 0 amide bonds. The number of aromatic nitrogens is 1. The highest BCUT2D eigenvalue weighted by Crippen LogP contribution is 2.31. The monoisotopic (exact) mass is 285 g/mol. The number of hydrogen-bond acceptors (Lipinski definition) is 4. The lowest BCUT2D eigenvalue weighted by Crippen LogP contribution is -2.43. The minimum atomic E-state index is -4.53. The molecule has 0 aliphatic carbocycles. The molecular formula is C13H14F3N3O. The number of ether oxygens (including phenoxy) is 1. The average Bonchev–Trinajstić information content (AvgIpc) is 2.38. The van der Waals surface area contributed by atoms with Crippen LogP contribution in [0.25, 0.3) is 0 Å². The number of halogens is 3. The summed E-state index contributed by atoms with van der Waals surface area (Å²) in [6.45, 7) is 2.85. The normalized spacial score (nSPS) is 23.1. The van der Waals surface area contributed by atoms with E-state index >= 15 is 0 Å². The van der Waals surface area contributed by atoms with Crippen molar-refractivity contribution in [2.45, 2.75) is 31.5 Å². The molecule has 2 rings (SSSR count). The highest BCUT2D eigenvalue weighted by Gasteiger charge is 2.34. The number of rotatable bonds is 2. The second-order valence-electron chi connectivity index (χ2n) is 5.04. The molecule has 1 N–H and O–H groups in total. The van der Waals surface area contributed by atoms with Crippen molar-refractivity contribution in [3.63, 3.8) is 0 Å². The van der Waals surface area contributed by atoms with E-state index in [2.05, 4.69) is 10.3 Å². The Morgan fingerprint density at radius 3 is 2.75 bits per heavy atom. The quantitative estimate of drug-likeness (QED) is 0.907. The third kappa shape index (κ3) is 3.20. The molecule has 0 bridgehead atoms. The highest BCUT2D eigenvalue weighted by molar-refractivity contribution is 5.54. The summed E-state index contributed by atoms with van der Waals surface area (Å²) in [5, 5.41) is 11.9. The number of nitrogens with one attached hydrogen (secondary N) is 1. The van der Waals surface area contributed by atoms with Crippen LogP contribution < -0.4 is 5.32 Å². The molecule has 0 radical (unpaired) electrons. The zero-order valence-corrected chi connectivity index (χ0v) is 10.9. The number of hydrogen-bond donors (Lipinski definition) is 1. The van der Waals surface area contributed by atoms with Crippen LogP contribution in [0.15, 0.2) is 12.1 Å². The molecule has 1 saturated heterocycles. The summed E-state index contributed by atoms with van der Waals surface area (Å²) in [5.41, 5.74) is -1.44. The van der Waals surface area contributed by atoms with E-state index in [0.717, 1.165) is 25.0 Å². The van der Waals surface area contributed by atoms with Gasteiger partial charge in [0.15, 0.2) is 0 Å². The van der Waals surface area contributed by atoms with E-state index < -0.39 is 17.4 Å². The largest absolute Gasteiger partial charge is 0.433 e. The van der Waals surface area contributed by atoms with Crippen molar-refractivity contribution in [3.8, 4) is 6.07 Å². The molecule has 0 aromatic carbocycles. The topological polar surface area (TPSA) is 57.9 Å². The fraction of sp³-hybridized carbons (Fsp3) is 0.538. The average molecular weight is 285 g/mol. The van der Waals surface area contributed by atoms with Crippen LogP contribution in [-0.4, -0.2) is 23.7 Å². The van der Waals surface area contributed by atoms with Gasteiger partial charge in [-0.25, -0.2) is 4.98 Å². The summed E-state index contributed by atoms with van der Waals surface area (Å²) in [6, 6.07) is 3.79. The minimum absolute atomic E-state index is 0.0460. The molecule has 1 aromatic heterocycles. The number of pyridine rings is 1. The van der Waals surface area contributed by atoms with E-state index in [-0.39, 0.29) is 11.4 Å². The third-order valence-corrected chi connectivity index (χ3v) is 3.16. The van der Waals surface area contributed by atoms with Crippen LogP contribution >= 0.6 is 0 Å². The molecule has 4 nitrogen and oxygen atoms in total. The molecule has 0 saturated carbocycles. The number of nitriles is 1. The van der Waals surface area contributed by atoms with E-state index in [0.29, 0.717) is 13.2 Å². The lowest BCUT2D eigenvalue weighted by atomic mass is 9.94. The van der Waals surface area contributed by atoms with Gasteiger partial charge in [-0.3, -0.25) is 0 Å². The summed E-state index contributed by atoms with van der Waals surface area (Å²) in [7, 11) is 0. The SMILES string of the molecule is CC1(Nc2nc(C(F)(F)F)ccc2C#N)CCCOC1. The van der Waals surface area contributed by atoms with E-state index in [9.17, 15) is 13.2 Å². The smallest absolute Gasteiger partial charge is 0.379 e. The fourth-order valence-corrected chi connectivity index (χ4v) is 2.12. The van der Waals surface area contributed by atoms with Gasteiger partial charge in [-0.05, 0) is 31.9 Å². The predicted octanol–water partition coefficient (Wildman–Crippen LogP) is 2.95. The molecule has 1 fully saturated rings. The Balaban J connectivity index is 2.32. The maximum atomic E-state index is 12.7. The molecule has 1 unspecified atom stereocenters. The van der Waals surface area contributed by atoms with Crippen LogP contribution in [-0.2, 0) is 10.9 Å². The summed E-state index contributed by atoms with van der Waals surface area (Å²) < 4.78 is 43.4. The van der Waals surface area contributed by atoms with Crippen LogP contribution in [0.1, 0.15) is 31.0 Å². The Morgan fingerprint density at radius 1 is 1.45 bits per heavy atom. The molecule has 7 heteroatoms. The summed E-state index contributed by atoms with van der Waals surface area (Å²) in [6.07, 6.45) is -2.98. The van der Waals surface area contributed by atoms with Crippen LogP contribution in [0.3, 0.4) is 0 Å². The van der Waals surface area contributed by atoms with Crippen LogP contribution in [0, 0.1) is 11.3 Å². The molecule has 1 aromatic rings. The molecule has 2 heterocycles. The second-order valence-corrected chi connectivity index (χ2v) is 5.04. The number of anilines is 1. The molecule has 108 valence electrons. The van der Waals surface area contributed by atoms with Crippen molar-refractivity contribution in [2.24, 2.45) is 0 Å². The molecule has 20 heavy (non-hydrogen) atoms. The van der Waals surface area contributed by atoms with E-state index in [4.69, 9.17) is 10.00 Å². The maximum Gasteiger partial charge on any atom is 0.433 e. The zero-order chi connectivity index (χ0) is 14.8. The molecule has 1 aliphatic rings. The minimum Gasteiger partial charge on any atom is -0.379 e. The first-order chi connectivity index (χ1) is 9.34. The van der Waals surface area contributed by atoms with Gasteiger partial charge in [-0.1, -0.05) is 0 Å². The van der Waals surface area contributed by atoms with E-state index in [1.54, 1.807) is 0 Å². The van der Waals surface area contributed by atoms with Gasteiger partial charge in [0, 0.05) is 6.61 Å². The van der Waals surface area contributed by atoms with Crippen molar-refractivity contribution >= 4 is 5.82 Å². The van der Waals surface area contributed by atoms with Crippen molar-refractivity contribution < 1.29 is 17.9 Å². The Hall–Kier alpha value is -1.81. The van der Waals surface area contributed by atoms with Gasteiger partial charge in [-0.15, -0.1) is 0 Å². The van der Waals surface area contributed by atoms with Crippen LogP contribution in [0.4, 0.5) is 19.0 Å². The van der Waals surface area contributed by atoms with Crippen molar-refractivity contribution in [1.82, 2.24) is 4.98 Å². The van der Waals surface area contributed by atoms with E-state index in [1.165, 1.54) is 0 Å².